The van der Waals surface area contributed by atoms with Crippen molar-refractivity contribution in [1.29, 1.82) is 0 Å². The summed E-state index contributed by atoms with van der Waals surface area (Å²) in [5.74, 6) is -1.66. The van der Waals surface area contributed by atoms with E-state index in [0.717, 1.165) is 29.5 Å². The molecule has 9 heteroatoms. The molecule has 0 amide bonds. The van der Waals surface area contributed by atoms with Gasteiger partial charge in [0.15, 0.2) is 11.2 Å². The number of hydrogen-bond acceptors (Lipinski definition) is 3. The van der Waals surface area contributed by atoms with Crippen molar-refractivity contribution in [2.75, 3.05) is 0 Å². The summed E-state index contributed by atoms with van der Waals surface area (Å²) in [4.78, 5) is 30.7. The van der Waals surface area contributed by atoms with Crippen LogP contribution < -0.4 is 11.2 Å². The molecule has 6 nitrogen and oxygen atoms in total. The summed E-state index contributed by atoms with van der Waals surface area (Å²) in [7, 11) is 0. The lowest BCUT2D eigenvalue weighted by Gasteiger charge is -2.13. The van der Waals surface area contributed by atoms with Gasteiger partial charge in [-0.2, -0.15) is 0 Å². The van der Waals surface area contributed by atoms with E-state index in [-0.39, 0.29) is 35.7 Å². The van der Waals surface area contributed by atoms with Crippen molar-refractivity contribution in [3.05, 3.63) is 92.6 Å². The molecule has 5 rings (SSSR count). The molecule has 0 N–H and O–H groups in total. The molecule has 31 heavy (non-hydrogen) atoms. The van der Waals surface area contributed by atoms with Gasteiger partial charge < -0.3 is 4.57 Å². The summed E-state index contributed by atoms with van der Waals surface area (Å²) in [6.45, 7) is 0.202. The Morgan fingerprint density at radius 2 is 1.68 bits per heavy atom. The van der Waals surface area contributed by atoms with Gasteiger partial charge in [-0.1, -0.05) is 6.07 Å². The minimum absolute atomic E-state index is 0.0666. The van der Waals surface area contributed by atoms with Crippen molar-refractivity contribution in [3.63, 3.8) is 0 Å². The lowest BCUT2D eigenvalue weighted by molar-refractivity contribution is 0.562. The molecule has 0 aliphatic heterocycles. The van der Waals surface area contributed by atoms with E-state index in [0.29, 0.717) is 5.69 Å². The molecule has 158 valence electrons. The zero-order valence-corrected chi connectivity index (χ0v) is 16.3. The summed E-state index contributed by atoms with van der Waals surface area (Å²) in [6.07, 6.45) is 3.21. The fourth-order valence-electron chi connectivity index (χ4n) is 3.68. The van der Waals surface area contributed by atoms with Crippen LogP contribution in [0, 0.1) is 23.4 Å². The SMILES string of the molecule is O=c1c2c(ncn2Cc2ccc(F)cc2F)n(-c2ccc(F)cc2)c(=O)n1CC1CC1. The lowest BCUT2D eigenvalue weighted by Crippen LogP contribution is -2.40. The first-order chi connectivity index (χ1) is 14.9. The van der Waals surface area contributed by atoms with Crippen molar-refractivity contribution in [2.24, 2.45) is 5.92 Å². The quantitative estimate of drug-likeness (QED) is 0.492. The van der Waals surface area contributed by atoms with E-state index in [1.807, 2.05) is 0 Å². The first-order valence-corrected chi connectivity index (χ1v) is 9.83. The Labute approximate surface area is 173 Å². The predicted octanol–water partition coefficient (Wildman–Crippen LogP) is 3.22. The van der Waals surface area contributed by atoms with Gasteiger partial charge in [0.05, 0.1) is 18.6 Å². The van der Waals surface area contributed by atoms with Crippen molar-refractivity contribution < 1.29 is 13.2 Å². The smallest absolute Gasteiger partial charge is 0.320 e. The number of hydrogen-bond donors (Lipinski definition) is 0. The summed E-state index contributed by atoms with van der Waals surface area (Å²) >= 11 is 0. The normalized spacial score (nSPS) is 13.8. The third-order valence-electron chi connectivity index (χ3n) is 5.48. The molecule has 0 radical (unpaired) electrons. The van der Waals surface area contributed by atoms with E-state index in [2.05, 4.69) is 4.98 Å². The number of aromatic nitrogens is 4. The van der Waals surface area contributed by atoms with Crippen LogP contribution in [0.25, 0.3) is 16.9 Å². The van der Waals surface area contributed by atoms with Gasteiger partial charge in [0.25, 0.3) is 5.56 Å². The highest BCUT2D eigenvalue weighted by molar-refractivity contribution is 5.72. The number of rotatable bonds is 5. The molecule has 2 aromatic heterocycles. The van der Waals surface area contributed by atoms with E-state index < -0.39 is 28.7 Å². The standard InChI is InChI=1S/C22H17F3N4O2/c23-15-5-7-17(8-6-15)29-20-19(21(30)28(22(29)31)10-13-1-2-13)27(12-26-20)11-14-3-4-16(24)9-18(14)25/h3-9,12-13H,1-2,10-11H2. The number of nitrogens with zero attached hydrogens (tertiary/aromatic N) is 4. The zero-order valence-electron chi connectivity index (χ0n) is 16.3. The average Bonchev–Trinajstić information content (AvgIpc) is 3.47. The second-order valence-electron chi connectivity index (χ2n) is 7.73. The van der Waals surface area contributed by atoms with Crippen molar-refractivity contribution in [3.8, 4) is 5.69 Å². The fourth-order valence-corrected chi connectivity index (χ4v) is 3.68. The fraction of sp³-hybridized carbons (Fsp3) is 0.227. The summed E-state index contributed by atoms with van der Waals surface area (Å²) in [5, 5.41) is 0. The topological polar surface area (TPSA) is 61.8 Å². The number of halogens is 3. The molecule has 1 aliphatic rings. The third kappa shape index (κ3) is 3.45. The molecule has 1 saturated carbocycles. The number of fused-ring (bicyclic) bond motifs is 1. The minimum atomic E-state index is -0.744. The van der Waals surface area contributed by atoms with Gasteiger partial charge in [-0.3, -0.25) is 9.36 Å². The van der Waals surface area contributed by atoms with E-state index >= 15 is 0 Å². The van der Waals surface area contributed by atoms with Crippen LogP contribution in [0.5, 0.6) is 0 Å². The van der Waals surface area contributed by atoms with Gasteiger partial charge in [0.2, 0.25) is 0 Å². The van der Waals surface area contributed by atoms with Crippen LogP contribution in [0.1, 0.15) is 18.4 Å². The minimum Gasteiger partial charge on any atom is -0.320 e. The summed E-state index contributed by atoms with van der Waals surface area (Å²) < 4.78 is 44.7. The van der Waals surface area contributed by atoms with Crippen LogP contribution in [0.15, 0.2) is 58.4 Å². The van der Waals surface area contributed by atoms with Crippen molar-refractivity contribution in [2.45, 2.75) is 25.9 Å². The first-order valence-electron chi connectivity index (χ1n) is 9.83. The van der Waals surface area contributed by atoms with Gasteiger partial charge in [0.1, 0.15) is 17.5 Å². The Morgan fingerprint density at radius 1 is 0.968 bits per heavy atom. The van der Waals surface area contributed by atoms with Crippen molar-refractivity contribution in [1.82, 2.24) is 18.7 Å². The van der Waals surface area contributed by atoms with Crippen LogP contribution >= 0.6 is 0 Å². The van der Waals surface area contributed by atoms with Gasteiger partial charge in [-0.25, -0.2) is 27.5 Å². The Balaban J connectivity index is 1.74. The van der Waals surface area contributed by atoms with Gasteiger partial charge in [0, 0.05) is 18.2 Å². The second kappa shape index (κ2) is 7.26. The van der Waals surface area contributed by atoms with Crippen LogP contribution in [0.3, 0.4) is 0 Å². The second-order valence-corrected chi connectivity index (χ2v) is 7.73. The van der Waals surface area contributed by atoms with Gasteiger partial charge in [-0.05, 0) is 49.1 Å². The Bertz CT molecular complexity index is 1420. The zero-order chi connectivity index (χ0) is 21.7. The molecular formula is C22H17F3N4O2. The third-order valence-corrected chi connectivity index (χ3v) is 5.48. The molecule has 1 fully saturated rings. The van der Waals surface area contributed by atoms with Crippen molar-refractivity contribution >= 4 is 11.2 Å². The largest absolute Gasteiger partial charge is 0.337 e. The van der Waals surface area contributed by atoms with Crippen LogP contribution in [0.2, 0.25) is 0 Å². The molecule has 1 aliphatic carbocycles. The molecule has 0 bridgehead atoms. The van der Waals surface area contributed by atoms with E-state index in [4.69, 9.17) is 0 Å². The molecular weight excluding hydrogens is 409 g/mol. The Kier molecular flexibility index (Phi) is 4.53. The maximum absolute atomic E-state index is 14.2. The maximum atomic E-state index is 14.2. The molecule has 0 spiro atoms. The Hall–Kier alpha value is -3.62. The van der Waals surface area contributed by atoms with Crippen LogP contribution in [0.4, 0.5) is 13.2 Å². The molecule has 2 aromatic carbocycles. The lowest BCUT2D eigenvalue weighted by atomic mass is 10.2. The summed E-state index contributed by atoms with van der Waals surface area (Å²) in [6, 6.07) is 8.51. The average molecular weight is 426 g/mol. The molecule has 0 saturated heterocycles. The van der Waals surface area contributed by atoms with Gasteiger partial charge in [-0.15, -0.1) is 0 Å². The van der Waals surface area contributed by atoms with E-state index in [1.54, 1.807) is 0 Å². The molecule has 2 heterocycles. The van der Waals surface area contributed by atoms with Gasteiger partial charge >= 0.3 is 5.69 Å². The number of imidazole rings is 1. The number of benzene rings is 2. The highest BCUT2D eigenvalue weighted by atomic mass is 19.1. The monoisotopic (exact) mass is 426 g/mol. The van der Waals surface area contributed by atoms with Crippen LogP contribution in [-0.2, 0) is 13.1 Å². The predicted molar refractivity (Wildman–Crippen MR) is 108 cm³/mol. The van der Waals surface area contributed by atoms with Crippen LogP contribution in [-0.4, -0.2) is 18.7 Å². The van der Waals surface area contributed by atoms with E-state index in [1.165, 1.54) is 45.8 Å². The first kappa shape index (κ1) is 19.3. The van der Waals surface area contributed by atoms with E-state index in [9.17, 15) is 22.8 Å². The molecule has 4 aromatic rings. The highest BCUT2D eigenvalue weighted by Crippen LogP contribution is 2.30. The highest BCUT2D eigenvalue weighted by Gasteiger charge is 2.26. The Morgan fingerprint density at radius 3 is 2.35 bits per heavy atom. The maximum Gasteiger partial charge on any atom is 0.337 e. The molecule has 0 unspecified atom stereocenters. The summed E-state index contributed by atoms with van der Waals surface area (Å²) in [5.41, 5.74) is -0.337. The molecule has 0 atom stereocenters.